The molecular weight excluding hydrogens is 364 g/mol. The molecule has 1 aromatic heterocycles. The molecule has 1 amide bonds. The summed E-state index contributed by atoms with van der Waals surface area (Å²) in [6.07, 6.45) is 2.62. The molecule has 1 aliphatic heterocycles. The predicted octanol–water partition coefficient (Wildman–Crippen LogP) is 3.96. The quantitative estimate of drug-likeness (QED) is 0.408. The number of nitrogens with zero attached hydrogens (tertiary/aromatic N) is 1. The fourth-order valence-corrected chi connectivity index (χ4v) is 2.95. The van der Waals surface area contributed by atoms with Crippen LogP contribution in [0.4, 0.5) is 5.69 Å². The highest BCUT2D eigenvalue weighted by molar-refractivity contribution is 5.93. The monoisotopic (exact) mass is 380 g/mol. The predicted molar refractivity (Wildman–Crippen MR) is 101 cm³/mol. The second-order valence-electron chi connectivity index (χ2n) is 6.27. The number of hydrogen-bond acceptors (Lipinski definition) is 6. The van der Waals surface area contributed by atoms with Gasteiger partial charge in [-0.05, 0) is 31.2 Å². The van der Waals surface area contributed by atoms with E-state index in [1.165, 1.54) is 24.3 Å². The summed E-state index contributed by atoms with van der Waals surface area (Å²) in [5.41, 5.74) is 0.824. The molecule has 0 fully saturated rings. The molecule has 1 N–H and O–H groups in total. The Kier molecular flexibility index (Phi) is 4.44. The van der Waals surface area contributed by atoms with Gasteiger partial charge in [0.05, 0.1) is 22.6 Å². The largest absolute Gasteiger partial charge is 0.459 e. The number of furan rings is 1. The molecule has 3 aromatic rings. The molecule has 0 unspecified atom stereocenters. The van der Waals surface area contributed by atoms with Crippen molar-refractivity contribution >= 4 is 28.6 Å². The van der Waals surface area contributed by atoms with Gasteiger partial charge in [0.1, 0.15) is 11.3 Å². The van der Waals surface area contributed by atoms with Crippen LogP contribution in [0.2, 0.25) is 0 Å². The number of rotatable bonds is 5. The molecular formula is C20H16N2O6. The van der Waals surface area contributed by atoms with Crippen molar-refractivity contribution in [1.82, 2.24) is 5.32 Å². The number of nitro groups is 1. The fraction of sp³-hybridized carbons (Fsp3) is 0.150. The zero-order valence-electron chi connectivity index (χ0n) is 14.9. The molecule has 0 bridgehead atoms. The zero-order valence-corrected chi connectivity index (χ0v) is 14.9. The number of carbonyl (C=O) groups is 1. The molecule has 2 aromatic carbocycles. The van der Waals surface area contributed by atoms with E-state index in [0.29, 0.717) is 17.3 Å². The van der Waals surface area contributed by atoms with Crippen molar-refractivity contribution in [3.63, 3.8) is 0 Å². The first-order chi connectivity index (χ1) is 13.5. The number of para-hydroxylation sites is 1. The Morgan fingerprint density at radius 2 is 1.96 bits per heavy atom. The number of fused-ring (bicyclic) bond motifs is 2. The second-order valence-corrected chi connectivity index (χ2v) is 6.27. The summed E-state index contributed by atoms with van der Waals surface area (Å²) < 4.78 is 16.1. The average Bonchev–Trinajstić information content (AvgIpc) is 3.31. The summed E-state index contributed by atoms with van der Waals surface area (Å²) >= 11 is 0. The fourth-order valence-electron chi connectivity index (χ4n) is 2.95. The van der Waals surface area contributed by atoms with Crippen LogP contribution in [0, 0.1) is 10.1 Å². The van der Waals surface area contributed by atoms with E-state index in [4.69, 9.17) is 13.9 Å². The Labute approximate surface area is 159 Å². The summed E-state index contributed by atoms with van der Waals surface area (Å²) in [5.74, 6) is 0.935. The minimum Gasteiger partial charge on any atom is -0.459 e. The molecule has 142 valence electrons. The van der Waals surface area contributed by atoms with E-state index in [9.17, 15) is 14.9 Å². The van der Waals surface area contributed by atoms with Crippen LogP contribution in [0.3, 0.4) is 0 Å². The average molecular weight is 380 g/mol. The number of amides is 1. The zero-order chi connectivity index (χ0) is 19.7. The number of nitro benzene ring substituents is 1. The van der Waals surface area contributed by atoms with Crippen molar-refractivity contribution in [2.75, 3.05) is 6.79 Å². The van der Waals surface area contributed by atoms with Crippen LogP contribution in [0.5, 0.6) is 11.5 Å². The summed E-state index contributed by atoms with van der Waals surface area (Å²) in [4.78, 5) is 23.0. The topological polar surface area (TPSA) is 104 Å². The lowest BCUT2D eigenvalue weighted by Gasteiger charge is -2.09. The molecule has 0 saturated heterocycles. The molecule has 2 heterocycles. The lowest BCUT2D eigenvalue weighted by molar-refractivity contribution is -0.385. The van der Waals surface area contributed by atoms with E-state index in [0.717, 1.165) is 11.0 Å². The summed E-state index contributed by atoms with van der Waals surface area (Å²) in [6.45, 7) is 1.81. The van der Waals surface area contributed by atoms with Crippen molar-refractivity contribution in [1.29, 1.82) is 0 Å². The maximum Gasteiger partial charge on any atom is 0.280 e. The molecule has 1 atom stereocenters. The van der Waals surface area contributed by atoms with Gasteiger partial charge in [0, 0.05) is 11.5 Å². The molecule has 4 rings (SSSR count). The van der Waals surface area contributed by atoms with Gasteiger partial charge < -0.3 is 19.2 Å². The third-order valence-corrected chi connectivity index (χ3v) is 4.36. The Balaban J connectivity index is 1.50. The third kappa shape index (κ3) is 3.39. The van der Waals surface area contributed by atoms with E-state index in [2.05, 4.69) is 5.32 Å². The van der Waals surface area contributed by atoms with Crippen LogP contribution in [-0.4, -0.2) is 17.6 Å². The van der Waals surface area contributed by atoms with Crippen LogP contribution in [-0.2, 0) is 4.79 Å². The van der Waals surface area contributed by atoms with Gasteiger partial charge in [0.25, 0.3) is 5.69 Å². The summed E-state index contributed by atoms with van der Waals surface area (Å²) in [7, 11) is 0. The third-order valence-electron chi connectivity index (χ3n) is 4.36. The van der Waals surface area contributed by atoms with Crippen LogP contribution in [0.25, 0.3) is 17.0 Å². The van der Waals surface area contributed by atoms with Crippen molar-refractivity contribution in [3.05, 3.63) is 70.0 Å². The molecule has 8 heteroatoms. The van der Waals surface area contributed by atoms with Gasteiger partial charge >= 0.3 is 0 Å². The molecule has 0 saturated carbocycles. The maximum atomic E-state index is 12.3. The highest BCUT2D eigenvalue weighted by atomic mass is 16.7. The Morgan fingerprint density at radius 1 is 1.21 bits per heavy atom. The Hall–Kier alpha value is -3.81. The van der Waals surface area contributed by atoms with Crippen LogP contribution in [0.15, 0.2) is 53.0 Å². The van der Waals surface area contributed by atoms with Gasteiger partial charge in [-0.1, -0.05) is 18.2 Å². The minimum absolute atomic E-state index is 0.00908. The van der Waals surface area contributed by atoms with Crippen molar-refractivity contribution in [3.8, 4) is 11.5 Å². The van der Waals surface area contributed by atoms with Gasteiger partial charge in [0.15, 0.2) is 11.5 Å². The molecule has 0 aliphatic carbocycles. The highest BCUT2D eigenvalue weighted by Crippen LogP contribution is 2.38. The number of nitrogens with one attached hydrogen (secondary N) is 1. The van der Waals surface area contributed by atoms with E-state index in [1.807, 2.05) is 30.3 Å². The molecule has 1 aliphatic rings. The first kappa shape index (κ1) is 17.6. The molecule has 0 radical (unpaired) electrons. The normalized spacial score (nSPS) is 13.8. The number of ether oxygens (including phenoxy) is 2. The Bertz CT molecular complexity index is 1070. The molecule has 28 heavy (non-hydrogen) atoms. The van der Waals surface area contributed by atoms with Gasteiger partial charge in [-0.2, -0.15) is 0 Å². The van der Waals surface area contributed by atoms with Crippen LogP contribution < -0.4 is 14.8 Å². The van der Waals surface area contributed by atoms with Crippen LogP contribution >= 0.6 is 0 Å². The SMILES string of the molecule is C[C@@H](NC(=O)/C=C/c1cc2c(cc1[N+](=O)[O-])OCO2)c1cc2ccccc2o1. The lowest BCUT2D eigenvalue weighted by Crippen LogP contribution is -2.24. The van der Waals surface area contributed by atoms with Gasteiger partial charge in [-0.3, -0.25) is 14.9 Å². The van der Waals surface area contributed by atoms with E-state index >= 15 is 0 Å². The number of carbonyl (C=O) groups excluding carboxylic acids is 1. The van der Waals surface area contributed by atoms with Crippen LogP contribution in [0.1, 0.15) is 24.3 Å². The highest BCUT2D eigenvalue weighted by Gasteiger charge is 2.22. The van der Waals surface area contributed by atoms with Crippen molar-refractivity contribution in [2.24, 2.45) is 0 Å². The maximum absolute atomic E-state index is 12.3. The summed E-state index contributed by atoms with van der Waals surface area (Å²) in [6, 6.07) is 11.8. The first-order valence-corrected chi connectivity index (χ1v) is 8.56. The smallest absolute Gasteiger partial charge is 0.280 e. The standard InChI is InChI=1S/C20H16N2O6/c1-12(17-9-14-4-2-3-5-16(14)28-17)21-20(23)7-6-13-8-18-19(27-11-26-18)10-15(13)22(24)25/h2-10,12H,11H2,1H3,(H,21,23)/b7-6+/t12-/m1/s1. The Morgan fingerprint density at radius 3 is 2.71 bits per heavy atom. The van der Waals surface area contributed by atoms with E-state index < -0.39 is 10.8 Å². The van der Waals surface area contributed by atoms with Gasteiger partial charge in [-0.25, -0.2) is 0 Å². The van der Waals surface area contributed by atoms with Gasteiger partial charge in [0.2, 0.25) is 12.7 Å². The lowest BCUT2D eigenvalue weighted by atomic mass is 10.1. The van der Waals surface area contributed by atoms with Gasteiger partial charge in [-0.15, -0.1) is 0 Å². The minimum atomic E-state index is -0.531. The van der Waals surface area contributed by atoms with Crippen molar-refractivity contribution < 1.29 is 23.6 Å². The van der Waals surface area contributed by atoms with E-state index in [1.54, 1.807) is 6.92 Å². The molecule has 0 spiro atoms. The van der Waals surface area contributed by atoms with E-state index in [-0.39, 0.29) is 24.1 Å². The first-order valence-electron chi connectivity index (χ1n) is 8.56. The van der Waals surface area contributed by atoms with Crippen molar-refractivity contribution in [2.45, 2.75) is 13.0 Å². The second kappa shape index (κ2) is 7.07. The summed E-state index contributed by atoms with van der Waals surface area (Å²) in [5, 5.41) is 15.0. The number of benzene rings is 2. The molecule has 8 nitrogen and oxygen atoms in total. The number of hydrogen-bond donors (Lipinski definition) is 1.